The summed E-state index contributed by atoms with van der Waals surface area (Å²) in [5.74, 6) is 0.561. The Morgan fingerprint density at radius 3 is 2.36 bits per heavy atom. The first kappa shape index (κ1) is 21.5. The van der Waals surface area contributed by atoms with Gasteiger partial charge in [-0.15, -0.1) is 0 Å². The Labute approximate surface area is 199 Å². The summed E-state index contributed by atoms with van der Waals surface area (Å²) >= 11 is 3.54. The highest BCUT2D eigenvalue weighted by Gasteiger charge is 2.28. The molecule has 0 radical (unpaired) electrons. The van der Waals surface area contributed by atoms with E-state index in [2.05, 4.69) is 15.9 Å². The molecule has 166 valence electrons. The van der Waals surface area contributed by atoms with Crippen molar-refractivity contribution in [3.63, 3.8) is 0 Å². The third-order valence-electron chi connectivity index (χ3n) is 5.90. The van der Waals surface area contributed by atoms with E-state index in [0.29, 0.717) is 23.3 Å². The fraction of sp³-hybridized carbons (Fsp3) is 0.148. The van der Waals surface area contributed by atoms with Gasteiger partial charge >= 0.3 is 0 Å². The Morgan fingerprint density at radius 1 is 0.970 bits per heavy atom. The number of rotatable bonds is 6. The molecule has 0 aliphatic carbocycles. The van der Waals surface area contributed by atoms with Crippen molar-refractivity contribution in [1.82, 2.24) is 4.57 Å². The first-order valence-electron chi connectivity index (χ1n) is 10.7. The average Bonchev–Trinajstić information content (AvgIpc) is 3.38. The normalized spacial score (nSPS) is 13.9. The van der Waals surface area contributed by atoms with Crippen molar-refractivity contribution in [2.24, 2.45) is 0 Å². The van der Waals surface area contributed by atoms with E-state index in [1.165, 1.54) is 0 Å². The van der Waals surface area contributed by atoms with E-state index in [1.807, 2.05) is 78.9 Å². The Hall–Kier alpha value is -3.35. The van der Waals surface area contributed by atoms with Gasteiger partial charge in [0.2, 0.25) is 6.79 Å². The third-order valence-corrected chi connectivity index (χ3v) is 6.39. The fourth-order valence-electron chi connectivity index (χ4n) is 4.43. The smallest absolute Gasteiger partial charge is 0.259 e. The number of ether oxygens (including phenoxy) is 2. The molecule has 0 fully saturated rings. The molecule has 5 nitrogen and oxygen atoms in total. The SMILES string of the molecule is O=c1c2ccc(Br)cc2c(-c2ccccc2)c(CO)n1C(Cc1ccccc1)C1=COCO1. The van der Waals surface area contributed by atoms with Gasteiger partial charge in [-0.1, -0.05) is 76.6 Å². The van der Waals surface area contributed by atoms with Crippen molar-refractivity contribution in [1.29, 1.82) is 0 Å². The van der Waals surface area contributed by atoms with E-state index in [9.17, 15) is 9.90 Å². The van der Waals surface area contributed by atoms with Crippen LogP contribution in [-0.2, 0) is 22.5 Å². The number of nitrogens with zero attached hydrogens (tertiary/aromatic N) is 1. The lowest BCUT2D eigenvalue weighted by atomic mass is 9.95. The first-order chi connectivity index (χ1) is 16.2. The van der Waals surface area contributed by atoms with Crippen LogP contribution in [0.4, 0.5) is 0 Å². The largest absolute Gasteiger partial charge is 0.462 e. The second-order valence-corrected chi connectivity index (χ2v) is 8.78. The molecular formula is C27H22BrNO4. The summed E-state index contributed by atoms with van der Waals surface area (Å²) in [6.45, 7) is -0.197. The van der Waals surface area contributed by atoms with Crippen LogP contribution >= 0.6 is 15.9 Å². The highest BCUT2D eigenvalue weighted by atomic mass is 79.9. The van der Waals surface area contributed by atoms with Crippen LogP contribution in [0, 0.1) is 0 Å². The maximum Gasteiger partial charge on any atom is 0.259 e. The van der Waals surface area contributed by atoms with Gasteiger partial charge in [-0.3, -0.25) is 9.36 Å². The molecule has 6 heteroatoms. The summed E-state index contributed by atoms with van der Waals surface area (Å²) in [5.41, 5.74) is 3.15. The number of halogens is 1. The molecule has 5 rings (SSSR count). The summed E-state index contributed by atoms with van der Waals surface area (Å²) < 4.78 is 13.7. The topological polar surface area (TPSA) is 60.7 Å². The summed E-state index contributed by atoms with van der Waals surface area (Å²) in [5, 5.41) is 12.0. The van der Waals surface area contributed by atoms with Crippen molar-refractivity contribution in [3.8, 4) is 11.1 Å². The predicted octanol–water partition coefficient (Wildman–Crippen LogP) is 5.55. The maximum atomic E-state index is 13.9. The maximum absolute atomic E-state index is 13.9. The van der Waals surface area contributed by atoms with Gasteiger partial charge in [0.1, 0.15) is 12.3 Å². The number of allylic oxidation sites excluding steroid dienone is 1. The summed E-state index contributed by atoms with van der Waals surface area (Å²) in [7, 11) is 0. The van der Waals surface area contributed by atoms with E-state index in [0.717, 1.165) is 26.5 Å². The molecule has 0 spiro atoms. The van der Waals surface area contributed by atoms with Crippen LogP contribution in [0.1, 0.15) is 17.3 Å². The van der Waals surface area contributed by atoms with Gasteiger partial charge in [0.05, 0.1) is 12.3 Å². The fourth-order valence-corrected chi connectivity index (χ4v) is 4.79. The molecule has 3 aromatic carbocycles. The van der Waals surface area contributed by atoms with Crippen LogP contribution in [0.15, 0.2) is 100 Å². The molecule has 1 aliphatic heterocycles. The summed E-state index contributed by atoms with van der Waals surface area (Å²) in [4.78, 5) is 13.9. The highest BCUT2D eigenvalue weighted by molar-refractivity contribution is 9.10. The molecule has 1 unspecified atom stereocenters. The number of fused-ring (bicyclic) bond motifs is 1. The van der Waals surface area contributed by atoms with Gasteiger partial charge in [-0.05, 0) is 34.7 Å². The third kappa shape index (κ3) is 4.08. The van der Waals surface area contributed by atoms with E-state index in [-0.39, 0.29) is 19.0 Å². The standard InChI is InChI=1S/C27H22BrNO4/c28-20-11-12-21-22(14-20)26(19-9-5-2-6-10-19)24(15-30)29(27(21)31)23(25-16-32-17-33-25)13-18-7-3-1-4-8-18/h1-12,14,16,23,30H,13,15,17H2. The Morgan fingerprint density at radius 2 is 1.70 bits per heavy atom. The zero-order chi connectivity index (χ0) is 22.8. The van der Waals surface area contributed by atoms with Gasteiger partial charge in [-0.25, -0.2) is 0 Å². The molecule has 0 bridgehead atoms. The number of aliphatic hydroxyl groups excluding tert-OH is 1. The monoisotopic (exact) mass is 503 g/mol. The summed E-state index contributed by atoms with van der Waals surface area (Å²) in [6, 6.07) is 24.9. The molecule has 1 atom stereocenters. The van der Waals surface area contributed by atoms with Crippen LogP contribution in [0.5, 0.6) is 0 Å². The number of benzene rings is 3. The van der Waals surface area contributed by atoms with Gasteiger partial charge in [0, 0.05) is 21.8 Å². The molecule has 1 N–H and O–H groups in total. The van der Waals surface area contributed by atoms with Crippen LogP contribution in [0.3, 0.4) is 0 Å². The Bertz CT molecular complexity index is 1380. The lowest BCUT2D eigenvalue weighted by Crippen LogP contribution is -2.31. The van der Waals surface area contributed by atoms with Crippen LogP contribution in [0.25, 0.3) is 21.9 Å². The highest BCUT2D eigenvalue weighted by Crippen LogP contribution is 2.36. The molecule has 1 aromatic heterocycles. The second-order valence-electron chi connectivity index (χ2n) is 7.87. The number of pyridine rings is 1. The zero-order valence-electron chi connectivity index (χ0n) is 17.8. The number of hydrogen-bond donors (Lipinski definition) is 1. The lowest BCUT2D eigenvalue weighted by molar-refractivity contribution is 0.0705. The number of hydrogen-bond acceptors (Lipinski definition) is 4. The minimum atomic E-state index is -0.472. The number of aliphatic hydroxyl groups is 1. The average molecular weight is 504 g/mol. The van der Waals surface area contributed by atoms with E-state index in [1.54, 1.807) is 10.8 Å². The van der Waals surface area contributed by atoms with Crippen molar-refractivity contribution in [3.05, 3.63) is 117 Å². The summed E-state index contributed by atoms with van der Waals surface area (Å²) in [6.07, 6.45) is 2.08. The molecule has 2 heterocycles. The quantitative estimate of drug-likeness (QED) is 0.374. The van der Waals surface area contributed by atoms with Crippen molar-refractivity contribution in [2.75, 3.05) is 6.79 Å². The van der Waals surface area contributed by atoms with Crippen LogP contribution < -0.4 is 5.56 Å². The van der Waals surface area contributed by atoms with Crippen LogP contribution in [0.2, 0.25) is 0 Å². The van der Waals surface area contributed by atoms with Crippen molar-refractivity contribution < 1.29 is 14.6 Å². The molecular weight excluding hydrogens is 482 g/mol. The van der Waals surface area contributed by atoms with Gasteiger partial charge in [-0.2, -0.15) is 0 Å². The van der Waals surface area contributed by atoms with E-state index >= 15 is 0 Å². The van der Waals surface area contributed by atoms with E-state index < -0.39 is 6.04 Å². The van der Waals surface area contributed by atoms with Crippen molar-refractivity contribution >= 4 is 26.7 Å². The molecule has 33 heavy (non-hydrogen) atoms. The molecule has 1 aliphatic rings. The predicted molar refractivity (Wildman–Crippen MR) is 132 cm³/mol. The van der Waals surface area contributed by atoms with Crippen molar-refractivity contribution in [2.45, 2.75) is 19.1 Å². The first-order valence-corrected chi connectivity index (χ1v) is 11.5. The second kappa shape index (κ2) is 9.25. The molecule has 0 saturated carbocycles. The Kier molecular flexibility index (Phi) is 6.03. The van der Waals surface area contributed by atoms with E-state index in [4.69, 9.17) is 9.47 Å². The zero-order valence-corrected chi connectivity index (χ0v) is 19.4. The van der Waals surface area contributed by atoms with Gasteiger partial charge in [0.25, 0.3) is 5.56 Å². The molecule has 4 aromatic rings. The molecule has 0 amide bonds. The van der Waals surface area contributed by atoms with Gasteiger partial charge < -0.3 is 14.6 Å². The van der Waals surface area contributed by atoms with Crippen LogP contribution in [-0.4, -0.2) is 16.5 Å². The molecule has 0 saturated heterocycles. The lowest BCUT2D eigenvalue weighted by Gasteiger charge is -2.26. The number of aromatic nitrogens is 1. The minimum Gasteiger partial charge on any atom is -0.462 e. The van der Waals surface area contributed by atoms with Gasteiger partial charge in [0.15, 0.2) is 5.76 Å². The minimum absolute atomic E-state index is 0.107. The Balaban J connectivity index is 1.83.